The Hall–Kier alpha value is -4.26. The van der Waals surface area contributed by atoms with E-state index < -0.39 is 40.3 Å². The number of carbonyl (C=O) groups excluding carboxylic acids is 2. The van der Waals surface area contributed by atoms with Crippen LogP contribution in [0.2, 0.25) is 0 Å². The molecule has 4 rings (SSSR count). The maximum absolute atomic E-state index is 13.0. The van der Waals surface area contributed by atoms with E-state index in [9.17, 15) is 32.9 Å². The first-order valence-corrected chi connectivity index (χ1v) is 11.8. The number of hydrogen-bond donors (Lipinski definition) is 1. The highest BCUT2D eigenvalue weighted by atomic mass is 32.2. The number of amides is 1. The van der Waals surface area contributed by atoms with Crippen LogP contribution in [0.25, 0.3) is 0 Å². The van der Waals surface area contributed by atoms with Gasteiger partial charge < -0.3 is 19.5 Å². The van der Waals surface area contributed by atoms with E-state index in [2.05, 4.69) is 5.32 Å². The Morgan fingerprint density at radius 1 is 1.08 bits per heavy atom. The van der Waals surface area contributed by atoms with Crippen molar-refractivity contribution in [2.24, 2.45) is 0 Å². The molecule has 0 unspecified atom stereocenters. The Morgan fingerprint density at radius 3 is 2.55 bits per heavy atom. The van der Waals surface area contributed by atoms with Crippen molar-refractivity contribution in [3.63, 3.8) is 0 Å². The fraction of sp³-hybridized carbons (Fsp3) is 0.200. The number of benzene rings is 3. The van der Waals surface area contributed by atoms with Crippen molar-refractivity contribution in [2.45, 2.75) is 35.5 Å². The second-order valence-electron chi connectivity index (χ2n) is 7.99. The molecule has 0 bridgehead atoms. The third kappa shape index (κ3) is 6.17. The number of nitro benzene ring substituents is 1. The molecule has 13 heteroatoms. The molecule has 1 atom stereocenters. The van der Waals surface area contributed by atoms with E-state index in [4.69, 9.17) is 14.2 Å². The summed E-state index contributed by atoms with van der Waals surface area (Å²) in [5.41, 5.74) is -1.20. The molecule has 1 N–H and O–H groups in total. The lowest BCUT2D eigenvalue weighted by Crippen LogP contribution is -2.35. The van der Waals surface area contributed by atoms with Crippen LogP contribution < -0.4 is 14.8 Å². The molecule has 38 heavy (non-hydrogen) atoms. The number of hydrogen-bond acceptors (Lipinski definition) is 8. The summed E-state index contributed by atoms with van der Waals surface area (Å²) < 4.78 is 54.9. The van der Waals surface area contributed by atoms with E-state index >= 15 is 0 Å². The summed E-state index contributed by atoms with van der Waals surface area (Å²) in [7, 11) is 0. The Kier molecular flexibility index (Phi) is 7.76. The van der Waals surface area contributed by atoms with Gasteiger partial charge in [0.05, 0.1) is 20.9 Å². The smallest absolute Gasteiger partial charge is 0.416 e. The zero-order valence-corrected chi connectivity index (χ0v) is 20.4. The summed E-state index contributed by atoms with van der Waals surface area (Å²) in [5, 5.41) is 14.1. The molecule has 1 aliphatic heterocycles. The second-order valence-corrected chi connectivity index (χ2v) is 9.07. The van der Waals surface area contributed by atoms with E-state index in [1.807, 2.05) is 0 Å². The van der Waals surface area contributed by atoms with Crippen molar-refractivity contribution in [1.29, 1.82) is 0 Å². The van der Waals surface area contributed by atoms with Crippen molar-refractivity contribution in [1.82, 2.24) is 5.32 Å². The number of nitro groups is 1. The largest absolute Gasteiger partial charge is 0.454 e. The Balaban J connectivity index is 1.44. The monoisotopic (exact) mass is 548 g/mol. The molecular weight excluding hydrogens is 529 g/mol. The molecule has 3 aromatic rings. The predicted molar refractivity (Wildman–Crippen MR) is 128 cm³/mol. The van der Waals surface area contributed by atoms with Crippen molar-refractivity contribution >= 4 is 29.3 Å². The molecule has 198 valence electrons. The van der Waals surface area contributed by atoms with Crippen LogP contribution in [0.3, 0.4) is 0 Å². The maximum atomic E-state index is 13.0. The summed E-state index contributed by atoms with van der Waals surface area (Å²) >= 11 is 0.737. The van der Waals surface area contributed by atoms with Gasteiger partial charge in [-0.2, -0.15) is 13.2 Å². The highest BCUT2D eigenvalue weighted by molar-refractivity contribution is 7.99. The molecule has 0 fully saturated rings. The number of fused-ring (bicyclic) bond motifs is 1. The van der Waals surface area contributed by atoms with Crippen molar-refractivity contribution in [2.75, 3.05) is 6.79 Å². The average molecular weight is 548 g/mol. The van der Waals surface area contributed by atoms with Gasteiger partial charge in [-0.3, -0.25) is 14.9 Å². The van der Waals surface area contributed by atoms with E-state index in [0.29, 0.717) is 17.6 Å². The van der Waals surface area contributed by atoms with E-state index in [0.717, 1.165) is 29.5 Å². The molecule has 3 aromatic carbocycles. The summed E-state index contributed by atoms with van der Waals surface area (Å²) in [5.74, 6) is -0.299. The number of ether oxygens (including phenoxy) is 3. The lowest BCUT2D eigenvalue weighted by molar-refractivity contribution is -0.388. The Morgan fingerprint density at radius 2 is 1.82 bits per heavy atom. The van der Waals surface area contributed by atoms with Crippen LogP contribution >= 0.6 is 11.8 Å². The van der Waals surface area contributed by atoms with Crippen molar-refractivity contribution < 1.29 is 41.9 Å². The summed E-state index contributed by atoms with van der Waals surface area (Å²) in [4.78, 5) is 36.0. The van der Waals surface area contributed by atoms with Gasteiger partial charge in [0.2, 0.25) is 6.79 Å². The normalized spacial score (nSPS) is 13.1. The molecule has 0 saturated heterocycles. The molecule has 9 nitrogen and oxygen atoms in total. The number of alkyl halides is 3. The first-order chi connectivity index (χ1) is 18.0. The molecule has 1 amide bonds. The SMILES string of the molecule is C[C@H](OC(=O)c1ccccc1Sc1ccc(C(F)(F)F)cc1[N+](=O)[O-])C(=O)NCc1ccc2c(c1)OCO2. The summed E-state index contributed by atoms with van der Waals surface area (Å²) in [6.45, 7) is 1.63. The van der Waals surface area contributed by atoms with Crippen LogP contribution in [0.5, 0.6) is 11.5 Å². The topological polar surface area (TPSA) is 117 Å². The van der Waals surface area contributed by atoms with Crippen LogP contribution in [0.4, 0.5) is 18.9 Å². The number of halogens is 3. The molecule has 0 aliphatic carbocycles. The van der Waals surface area contributed by atoms with Crippen LogP contribution in [-0.2, 0) is 22.3 Å². The zero-order valence-electron chi connectivity index (χ0n) is 19.6. The van der Waals surface area contributed by atoms with Gasteiger partial charge in [0.1, 0.15) is 0 Å². The molecular formula is C25H19F3N2O7S. The number of rotatable bonds is 8. The molecule has 0 saturated carbocycles. The van der Waals surface area contributed by atoms with Crippen LogP contribution in [0.1, 0.15) is 28.4 Å². The highest BCUT2D eigenvalue weighted by Gasteiger charge is 2.33. The Bertz CT molecular complexity index is 1400. The predicted octanol–water partition coefficient (Wildman–Crippen LogP) is 5.36. The minimum absolute atomic E-state index is 0.0119. The van der Waals surface area contributed by atoms with Gasteiger partial charge in [-0.1, -0.05) is 30.0 Å². The van der Waals surface area contributed by atoms with Gasteiger partial charge in [-0.15, -0.1) is 0 Å². The second kappa shape index (κ2) is 11.0. The van der Waals surface area contributed by atoms with Crippen LogP contribution in [-0.4, -0.2) is 29.7 Å². The minimum Gasteiger partial charge on any atom is -0.454 e. The average Bonchev–Trinajstić information content (AvgIpc) is 3.35. The summed E-state index contributed by atoms with van der Waals surface area (Å²) in [6.07, 6.45) is -5.94. The molecule has 0 aromatic heterocycles. The third-order valence-corrected chi connectivity index (χ3v) is 6.51. The molecule has 1 aliphatic rings. The molecule has 0 spiro atoms. The first kappa shape index (κ1) is 26.8. The minimum atomic E-state index is -4.75. The van der Waals surface area contributed by atoms with Gasteiger partial charge in [0.25, 0.3) is 11.6 Å². The standard InChI is InChI=1S/C25H19F3N2O7S/c1-14(23(31)29-12-15-6-8-19-20(10-15)36-13-35-19)37-24(32)17-4-2-3-5-21(17)38-22-9-7-16(25(26,27)28)11-18(22)30(33)34/h2-11,14H,12-13H2,1H3,(H,29,31)/t14-/m0/s1. The van der Waals surface area contributed by atoms with Gasteiger partial charge in [0.15, 0.2) is 17.6 Å². The third-order valence-electron chi connectivity index (χ3n) is 5.37. The highest BCUT2D eigenvalue weighted by Crippen LogP contribution is 2.40. The van der Waals surface area contributed by atoms with Crippen molar-refractivity contribution in [3.05, 3.63) is 87.5 Å². The first-order valence-electron chi connectivity index (χ1n) is 11.0. The maximum Gasteiger partial charge on any atom is 0.416 e. The van der Waals surface area contributed by atoms with Gasteiger partial charge in [0, 0.05) is 17.5 Å². The number of nitrogens with one attached hydrogen (secondary N) is 1. The lowest BCUT2D eigenvalue weighted by atomic mass is 10.2. The zero-order chi connectivity index (χ0) is 27.4. The van der Waals surface area contributed by atoms with Gasteiger partial charge >= 0.3 is 12.1 Å². The van der Waals surface area contributed by atoms with Crippen LogP contribution in [0, 0.1) is 10.1 Å². The quantitative estimate of drug-likeness (QED) is 0.227. The number of esters is 1. The lowest BCUT2D eigenvalue weighted by Gasteiger charge is -2.15. The fourth-order valence-corrected chi connectivity index (χ4v) is 4.45. The van der Waals surface area contributed by atoms with Gasteiger partial charge in [-0.05, 0) is 48.9 Å². The summed E-state index contributed by atoms with van der Waals surface area (Å²) in [6, 6.07) is 13.2. The number of nitrogens with zero attached hydrogens (tertiary/aromatic N) is 1. The van der Waals surface area contributed by atoms with E-state index in [-0.39, 0.29) is 28.7 Å². The van der Waals surface area contributed by atoms with Crippen molar-refractivity contribution in [3.8, 4) is 11.5 Å². The Labute approximate surface area is 218 Å². The molecule has 0 radical (unpaired) electrons. The fourth-order valence-electron chi connectivity index (χ4n) is 3.43. The van der Waals surface area contributed by atoms with Crippen LogP contribution in [0.15, 0.2) is 70.5 Å². The van der Waals surface area contributed by atoms with Gasteiger partial charge in [-0.25, -0.2) is 4.79 Å². The van der Waals surface area contributed by atoms with E-state index in [1.165, 1.54) is 25.1 Å². The number of carbonyl (C=O) groups is 2. The molecule has 1 heterocycles. The van der Waals surface area contributed by atoms with E-state index in [1.54, 1.807) is 24.3 Å².